The van der Waals surface area contributed by atoms with Crippen LogP contribution in [0.5, 0.6) is 5.75 Å². The number of halogens is 1. The van der Waals surface area contributed by atoms with Gasteiger partial charge >= 0.3 is 0 Å². The lowest BCUT2D eigenvalue weighted by molar-refractivity contribution is 0.378. The Morgan fingerprint density at radius 3 is 2.24 bits per heavy atom. The molecule has 5 nitrogen and oxygen atoms in total. The van der Waals surface area contributed by atoms with E-state index in [1.807, 2.05) is 31.2 Å². The number of nitrogens with zero attached hydrogens (tertiary/aromatic N) is 2. The fourth-order valence-corrected chi connectivity index (χ4v) is 4.53. The summed E-state index contributed by atoms with van der Waals surface area (Å²) in [5, 5.41) is 0.630. The molecule has 2 aromatic rings. The van der Waals surface area contributed by atoms with Gasteiger partial charge in [0, 0.05) is 31.2 Å². The Bertz CT molecular complexity index is 845. The number of ether oxygens (including phenoxy) is 1. The number of methoxy groups -OCH3 is 1. The molecule has 1 aliphatic heterocycles. The minimum absolute atomic E-state index is 0.340. The Kier molecular flexibility index (Phi) is 5.22. The highest BCUT2D eigenvalue weighted by atomic mass is 35.5. The van der Waals surface area contributed by atoms with Crippen LogP contribution in [0.4, 0.5) is 5.69 Å². The van der Waals surface area contributed by atoms with Crippen LogP contribution in [-0.2, 0) is 10.0 Å². The molecule has 0 radical (unpaired) electrons. The lowest BCUT2D eigenvalue weighted by Crippen LogP contribution is -2.48. The summed E-state index contributed by atoms with van der Waals surface area (Å²) in [5.74, 6) is 0.735. The van der Waals surface area contributed by atoms with Crippen LogP contribution < -0.4 is 9.64 Å². The normalized spacial score (nSPS) is 16.0. The summed E-state index contributed by atoms with van der Waals surface area (Å²) in [5.41, 5.74) is 1.93. The van der Waals surface area contributed by atoms with Crippen LogP contribution in [-0.4, -0.2) is 46.0 Å². The first kappa shape index (κ1) is 18.0. The molecule has 0 N–H and O–H groups in total. The zero-order valence-corrected chi connectivity index (χ0v) is 15.8. The van der Waals surface area contributed by atoms with E-state index >= 15 is 0 Å². The van der Waals surface area contributed by atoms with Crippen LogP contribution in [0.15, 0.2) is 47.4 Å². The van der Waals surface area contributed by atoms with E-state index in [0.717, 1.165) is 17.0 Å². The van der Waals surface area contributed by atoms with E-state index in [9.17, 15) is 8.42 Å². The van der Waals surface area contributed by atoms with Crippen molar-refractivity contribution in [3.05, 3.63) is 53.1 Å². The minimum atomic E-state index is -3.46. The third-order valence-corrected chi connectivity index (χ3v) is 6.53. The molecule has 0 amide bonds. The summed E-state index contributed by atoms with van der Waals surface area (Å²) < 4.78 is 32.5. The molecule has 0 unspecified atom stereocenters. The minimum Gasteiger partial charge on any atom is -0.495 e. The average Bonchev–Trinajstić information content (AvgIpc) is 2.62. The van der Waals surface area contributed by atoms with E-state index in [1.165, 1.54) is 4.31 Å². The van der Waals surface area contributed by atoms with E-state index < -0.39 is 10.0 Å². The molecule has 25 heavy (non-hydrogen) atoms. The summed E-state index contributed by atoms with van der Waals surface area (Å²) in [4.78, 5) is 2.44. The van der Waals surface area contributed by atoms with Crippen molar-refractivity contribution >= 4 is 27.3 Å². The second-order valence-electron chi connectivity index (χ2n) is 6.02. The monoisotopic (exact) mass is 380 g/mol. The molecule has 1 fully saturated rings. The second kappa shape index (κ2) is 7.23. The lowest BCUT2D eigenvalue weighted by Gasteiger charge is -2.36. The molecule has 2 aromatic carbocycles. The molecule has 0 aromatic heterocycles. The first-order chi connectivity index (χ1) is 11.9. The molecule has 3 rings (SSSR count). The van der Waals surface area contributed by atoms with Gasteiger partial charge in [0.05, 0.1) is 17.7 Å². The van der Waals surface area contributed by atoms with Crippen molar-refractivity contribution in [3.8, 4) is 5.75 Å². The van der Waals surface area contributed by atoms with Crippen LogP contribution in [0.25, 0.3) is 0 Å². The number of benzene rings is 2. The lowest BCUT2D eigenvalue weighted by atomic mass is 10.2. The number of hydrogen-bond donors (Lipinski definition) is 0. The number of sulfonamides is 1. The van der Waals surface area contributed by atoms with Crippen LogP contribution in [0.3, 0.4) is 0 Å². The van der Waals surface area contributed by atoms with Crippen molar-refractivity contribution < 1.29 is 13.2 Å². The molecule has 1 heterocycles. The van der Waals surface area contributed by atoms with Crippen molar-refractivity contribution in [3.63, 3.8) is 0 Å². The highest BCUT2D eigenvalue weighted by Crippen LogP contribution is 2.32. The number of piperazine rings is 1. The van der Waals surface area contributed by atoms with Gasteiger partial charge in [-0.2, -0.15) is 4.31 Å². The highest BCUT2D eigenvalue weighted by Gasteiger charge is 2.29. The zero-order valence-electron chi connectivity index (χ0n) is 14.3. The van der Waals surface area contributed by atoms with Gasteiger partial charge in [-0.1, -0.05) is 29.3 Å². The van der Waals surface area contributed by atoms with Gasteiger partial charge in [0.25, 0.3) is 0 Å². The van der Waals surface area contributed by atoms with Crippen LogP contribution in [0.2, 0.25) is 5.02 Å². The van der Waals surface area contributed by atoms with Gasteiger partial charge in [0.2, 0.25) is 10.0 Å². The van der Waals surface area contributed by atoms with Crippen molar-refractivity contribution in [1.82, 2.24) is 4.31 Å². The van der Waals surface area contributed by atoms with Gasteiger partial charge in [0.1, 0.15) is 5.75 Å². The zero-order chi connectivity index (χ0) is 18.0. The summed E-state index contributed by atoms with van der Waals surface area (Å²) in [6, 6.07) is 12.4. The van der Waals surface area contributed by atoms with Gasteiger partial charge in [-0.15, -0.1) is 0 Å². The van der Waals surface area contributed by atoms with Gasteiger partial charge in [-0.3, -0.25) is 0 Å². The fourth-order valence-electron chi connectivity index (χ4n) is 2.94. The standard InChI is InChI=1S/C18H21ClN2O3S/c1-14-3-6-16(7-4-14)25(22,23)21-11-9-20(10-12-21)17-13-15(19)5-8-18(17)24-2/h3-8,13H,9-12H2,1-2H3. The summed E-state index contributed by atoms with van der Waals surface area (Å²) >= 11 is 6.10. The van der Waals surface area contributed by atoms with Gasteiger partial charge in [-0.05, 0) is 37.3 Å². The highest BCUT2D eigenvalue weighted by molar-refractivity contribution is 7.89. The SMILES string of the molecule is COc1ccc(Cl)cc1N1CCN(S(=O)(=O)c2ccc(C)cc2)CC1. The molecule has 0 saturated carbocycles. The number of aryl methyl sites for hydroxylation is 1. The molecule has 0 spiro atoms. The predicted octanol–water partition coefficient (Wildman–Crippen LogP) is 3.17. The Labute approximate surface area is 153 Å². The van der Waals surface area contributed by atoms with Crippen LogP contribution in [0, 0.1) is 6.92 Å². The van der Waals surface area contributed by atoms with Gasteiger partial charge in [0.15, 0.2) is 0 Å². The van der Waals surface area contributed by atoms with Crippen molar-refractivity contribution in [1.29, 1.82) is 0 Å². The maximum Gasteiger partial charge on any atom is 0.243 e. The first-order valence-corrected chi connectivity index (χ1v) is 9.89. The van der Waals surface area contributed by atoms with Gasteiger partial charge < -0.3 is 9.64 Å². The number of hydrogen-bond acceptors (Lipinski definition) is 4. The summed E-state index contributed by atoms with van der Waals surface area (Å²) in [6.07, 6.45) is 0. The van der Waals surface area contributed by atoms with Crippen molar-refractivity contribution in [2.24, 2.45) is 0 Å². The van der Waals surface area contributed by atoms with E-state index in [0.29, 0.717) is 36.1 Å². The topological polar surface area (TPSA) is 49.9 Å². The maximum atomic E-state index is 12.8. The molecule has 0 bridgehead atoms. The second-order valence-corrected chi connectivity index (χ2v) is 8.39. The molecule has 7 heteroatoms. The third kappa shape index (κ3) is 3.76. The molecular weight excluding hydrogens is 360 g/mol. The van der Waals surface area contributed by atoms with Crippen molar-refractivity contribution in [2.45, 2.75) is 11.8 Å². The van der Waals surface area contributed by atoms with E-state index in [1.54, 1.807) is 25.3 Å². The molecule has 0 atom stereocenters. The Morgan fingerprint density at radius 2 is 1.64 bits per heavy atom. The molecule has 1 saturated heterocycles. The number of rotatable bonds is 4. The van der Waals surface area contributed by atoms with E-state index in [-0.39, 0.29) is 0 Å². The molecule has 0 aliphatic carbocycles. The quantitative estimate of drug-likeness (QED) is 0.817. The molecule has 1 aliphatic rings. The Balaban J connectivity index is 1.76. The first-order valence-electron chi connectivity index (χ1n) is 8.07. The fraction of sp³-hybridized carbons (Fsp3) is 0.333. The van der Waals surface area contributed by atoms with E-state index in [2.05, 4.69) is 4.90 Å². The Hall–Kier alpha value is -1.76. The third-order valence-electron chi connectivity index (χ3n) is 4.38. The number of anilines is 1. The van der Waals surface area contributed by atoms with E-state index in [4.69, 9.17) is 16.3 Å². The molecule has 134 valence electrons. The Morgan fingerprint density at radius 1 is 1.00 bits per heavy atom. The molecular formula is C18H21ClN2O3S. The largest absolute Gasteiger partial charge is 0.495 e. The summed E-state index contributed by atoms with van der Waals surface area (Å²) in [6.45, 7) is 3.95. The predicted molar refractivity (Wildman–Crippen MR) is 100 cm³/mol. The average molecular weight is 381 g/mol. The maximum absolute atomic E-state index is 12.8. The van der Waals surface area contributed by atoms with Crippen molar-refractivity contribution in [2.75, 3.05) is 38.2 Å². The smallest absolute Gasteiger partial charge is 0.243 e. The van der Waals surface area contributed by atoms with Crippen LogP contribution in [0.1, 0.15) is 5.56 Å². The summed E-state index contributed by atoms with van der Waals surface area (Å²) in [7, 11) is -1.84. The van der Waals surface area contributed by atoms with Crippen LogP contribution >= 0.6 is 11.6 Å². The van der Waals surface area contributed by atoms with Gasteiger partial charge in [-0.25, -0.2) is 8.42 Å².